The summed E-state index contributed by atoms with van der Waals surface area (Å²) in [5.74, 6) is -0.612. The number of rotatable bonds is 13. The monoisotopic (exact) mass is 464 g/mol. The Labute approximate surface area is 197 Å². The Balaban J connectivity index is 2.65. The fraction of sp³-hybridized carbons (Fsp3) is 0.640. The SMILES string of the molecule is COC(=O)CCCCc1ccc(CO[C@H](C)[C@H](CCC(N)=O)NC(=O)OC(C)(C)C)c(C)c1. The number of aryl methyl sites for hydroxylation is 2. The molecule has 0 heterocycles. The predicted octanol–water partition coefficient (Wildman–Crippen LogP) is 3.94. The first-order valence-electron chi connectivity index (χ1n) is 11.5. The Morgan fingerprint density at radius 3 is 2.39 bits per heavy atom. The molecule has 0 bridgehead atoms. The Morgan fingerprint density at radius 1 is 1.12 bits per heavy atom. The van der Waals surface area contributed by atoms with Gasteiger partial charge in [-0.2, -0.15) is 0 Å². The molecule has 2 amide bonds. The van der Waals surface area contributed by atoms with Gasteiger partial charge in [0.1, 0.15) is 5.60 Å². The lowest BCUT2D eigenvalue weighted by atomic mass is 10.0. The smallest absolute Gasteiger partial charge is 0.407 e. The summed E-state index contributed by atoms with van der Waals surface area (Å²) in [6.07, 6.45) is 2.63. The highest BCUT2D eigenvalue weighted by Gasteiger charge is 2.24. The van der Waals surface area contributed by atoms with Gasteiger partial charge in [0.2, 0.25) is 5.91 Å². The van der Waals surface area contributed by atoms with E-state index in [4.69, 9.17) is 15.2 Å². The van der Waals surface area contributed by atoms with Gasteiger partial charge in [0.25, 0.3) is 0 Å². The lowest BCUT2D eigenvalue weighted by molar-refractivity contribution is -0.140. The van der Waals surface area contributed by atoms with Gasteiger partial charge < -0.3 is 25.3 Å². The number of hydrogen-bond acceptors (Lipinski definition) is 6. The summed E-state index contributed by atoms with van der Waals surface area (Å²) >= 11 is 0. The molecule has 186 valence electrons. The largest absolute Gasteiger partial charge is 0.469 e. The highest BCUT2D eigenvalue weighted by atomic mass is 16.6. The molecule has 0 unspecified atom stereocenters. The number of methoxy groups -OCH3 is 1. The number of hydrogen-bond donors (Lipinski definition) is 2. The predicted molar refractivity (Wildman–Crippen MR) is 127 cm³/mol. The van der Waals surface area contributed by atoms with E-state index in [9.17, 15) is 14.4 Å². The van der Waals surface area contributed by atoms with Crippen LogP contribution in [-0.2, 0) is 36.8 Å². The highest BCUT2D eigenvalue weighted by Crippen LogP contribution is 2.17. The normalized spacial score (nSPS) is 13.2. The van der Waals surface area contributed by atoms with Crippen LogP contribution >= 0.6 is 0 Å². The van der Waals surface area contributed by atoms with Crippen molar-refractivity contribution >= 4 is 18.0 Å². The molecule has 0 aromatic heterocycles. The molecule has 0 aliphatic carbocycles. The van der Waals surface area contributed by atoms with Gasteiger partial charge in [0.15, 0.2) is 0 Å². The van der Waals surface area contributed by atoms with Crippen molar-refractivity contribution < 1.29 is 28.6 Å². The Kier molecular flexibility index (Phi) is 11.9. The van der Waals surface area contributed by atoms with Gasteiger partial charge in [-0.3, -0.25) is 9.59 Å². The molecule has 1 rings (SSSR count). The maximum Gasteiger partial charge on any atom is 0.407 e. The number of amides is 2. The van der Waals surface area contributed by atoms with Crippen LogP contribution in [0, 0.1) is 6.92 Å². The number of ether oxygens (including phenoxy) is 3. The van der Waals surface area contributed by atoms with E-state index in [0.717, 1.165) is 30.4 Å². The van der Waals surface area contributed by atoms with Gasteiger partial charge in [-0.05, 0) is 77.0 Å². The second kappa shape index (κ2) is 13.8. The van der Waals surface area contributed by atoms with E-state index in [0.29, 0.717) is 19.4 Å². The number of esters is 1. The summed E-state index contributed by atoms with van der Waals surface area (Å²) in [4.78, 5) is 34.7. The van der Waals surface area contributed by atoms with Gasteiger partial charge in [0.05, 0.1) is 25.9 Å². The first-order chi connectivity index (χ1) is 15.4. The average molecular weight is 465 g/mol. The zero-order valence-corrected chi connectivity index (χ0v) is 20.9. The zero-order valence-electron chi connectivity index (χ0n) is 20.9. The molecule has 0 radical (unpaired) electrons. The Hall–Kier alpha value is -2.61. The molecule has 0 aliphatic heterocycles. The van der Waals surface area contributed by atoms with Crippen LogP contribution in [0.3, 0.4) is 0 Å². The van der Waals surface area contributed by atoms with E-state index >= 15 is 0 Å². The number of carbonyl (C=O) groups is 3. The van der Waals surface area contributed by atoms with Crippen molar-refractivity contribution in [2.75, 3.05) is 7.11 Å². The minimum absolute atomic E-state index is 0.137. The van der Waals surface area contributed by atoms with E-state index in [-0.39, 0.29) is 18.5 Å². The Bertz CT molecular complexity index is 788. The standard InChI is InChI=1S/C25H40N2O6/c1-17-15-19(9-7-8-10-23(29)31-6)11-12-20(17)16-32-18(2)21(13-14-22(26)28)27-24(30)33-25(3,4)5/h11-12,15,18,21H,7-10,13-14,16H2,1-6H3,(H2,26,28)(H,27,30)/t18-,21+/m1/s1. The van der Waals surface area contributed by atoms with Crippen LogP contribution in [-0.4, -0.2) is 42.8 Å². The number of benzene rings is 1. The number of carbonyl (C=O) groups excluding carboxylic acids is 3. The van der Waals surface area contributed by atoms with Crippen molar-refractivity contribution in [1.29, 1.82) is 0 Å². The van der Waals surface area contributed by atoms with Crippen molar-refractivity contribution in [1.82, 2.24) is 5.32 Å². The molecule has 0 aliphatic rings. The van der Waals surface area contributed by atoms with Gasteiger partial charge in [-0.1, -0.05) is 18.2 Å². The van der Waals surface area contributed by atoms with E-state index in [1.165, 1.54) is 12.7 Å². The van der Waals surface area contributed by atoms with E-state index < -0.39 is 23.6 Å². The number of primary amides is 1. The van der Waals surface area contributed by atoms with Crippen LogP contribution in [0.25, 0.3) is 0 Å². The number of nitrogens with two attached hydrogens (primary N) is 1. The van der Waals surface area contributed by atoms with Crippen LogP contribution in [0.2, 0.25) is 0 Å². The molecule has 1 aromatic carbocycles. The van der Waals surface area contributed by atoms with Crippen LogP contribution in [0.1, 0.15) is 76.5 Å². The van der Waals surface area contributed by atoms with Gasteiger partial charge in [-0.25, -0.2) is 4.79 Å². The van der Waals surface area contributed by atoms with E-state index in [1.807, 2.05) is 19.9 Å². The van der Waals surface area contributed by atoms with E-state index in [1.54, 1.807) is 20.8 Å². The average Bonchev–Trinajstić information content (AvgIpc) is 2.71. The van der Waals surface area contributed by atoms with Crippen molar-refractivity contribution in [2.24, 2.45) is 5.73 Å². The summed E-state index contributed by atoms with van der Waals surface area (Å²) in [5.41, 5.74) is 8.04. The number of alkyl carbamates (subject to hydrolysis) is 1. The molecule has 1 aromatic rings. The minimum atomic E-state index is -0.624. The van der Waals surface area contributed by atoms with Crippen molar-refractivity contribution in [3.8, 4) is 0 Å². The summed E-state index contributed by atoms with van der Waals surface area (Å²) < 4.78 is 16.0. The maximum atomic E-state index is 12.2. The van der Waals surface area contributed by atoms with Crippen molar-refractivity contribution in [3.63, 3.8) is 0 Å². The molecule has 3 N–H and O–H groups in total. The molecule has 8 nitrogen and oxygen atoms in total. The molecule has 0 saturated heterocycles. The summed E-state index contributed by atoms with van der Waals surface area (Å²) in [5, 5.41) is 2.80. The van der Waals surface area contributed by atoms with Crippen LogP contribution in [0.4, 0.5) is 4.79 Å². The lowest BCUT2D eigenvalue weighted by Gasteiger charge is -2.27. The molecular formula is C25H40N2O6. The molecular weight excluding hydrogens is 424 g/mol. The fourth-order valence-corrected chi connectivity index (χ4v) is 3.29. The fourth-order valence-electron chi connectivity index (χ4n) is 3.29. The topological polar surface area (TPSA) is 117 Å². The third-order valence-electron chi connectivity index (χ3n) is 5.20. The number of unbranched alkanes of at least 4 members (excludes halogenated alkanes) is 1. The quantitative estimate of drug-likeness (QED) is 0.337. The maximum absolute atomic E-state index is 12.2. The molecule has 0 spiro atoms. The van der Waals surface area contributed by atoms with Crippen molar-refractivity contribution in [3.05, 3.63) is 34.9 Å². The minimum Gasteiger partial charge on any atom is -0.469 e. The summed E-state index contributed by atoms with van der Waals surface area (Å²) in [7, 11) is 1.40. The highest BCUT2D eigenvalue weighted by molar-refractivity contribution is 5.74. The van der Waals surface area contributed by atoms with Gasteiger partial charge in [0, 0.05) is 12.8 Å². The lowest BCUT2D eigenvalue weighted by Crippen LogP contribution is -2.45. The summed E-state index contributed by atoms with van der Waals surface area (Å²) in [6, 6.07) is 5.82. The van der Waals surface area contributed by atoms with Gasteiger partial charge >= 0.3 is 12.1 Å². The number of nitrogens with one attached hydrogen (secondary N) is 1. The molecule has 8 heteroatoms. The third kappa shape index (κ3) is 12.3. The second-order valence-electron chi connectivity index (χ2n) is 9.32. The second-order valence-corrected chi connectivity index (χ2v) is 9.32. The zero-order chi connectivity index (χ0) is 25.0. The van der Waals surface area contributed by atoms with Crippen LogP contribution < -0.4 is 11.1 Å². The Morgan fingerprint density at radius 2 is 1.82 bits per heavy atom. The van der Waals surface area contributed by atoms with Gasteiger partial charge in [-0.15, -0.1) is 0 Å². The van der Waals surface area contributed by atoms with Crippen molar-refractivity contribution in [2.45, 2.75) is 97.5 Å². The molecule has 0 fully saturated rings. The van der Waals surface area contributed by atoms with E-state index in [2.05, 4.69) is 22.2 Å². The summed E-state index contributed by atoms with van der Waals surface area (Å²) in [6.45, 7) is 9.63. The molecule has 33 heavy (non-hydrogen) atoms. The molecule has 0 saturated carbocycles. The molecule has 2 atom stereocenters. The first-order valence-corrected chi connectivity index (χ1v) is 11.5. The first kappa shape index (κ1) is 28.4. The van der Waals surface area contributed by atoms with Crippen LogP contribution in [0.5, 0.6) is 0 Å². The third-order valence-corrected chi connectivity index (χ3v) is 5.20. The van der Waals surface area contributed by atoms with Crippen LogP contribution in [0.15, 0.2) is 18.2 Å².